The van der Waals surface area contributed by atoms with Gasteiger partial charge in [0.25, 0.3) is 5.91 Å². The number of nitrogens with one attached hydrogen (secondary N) is 2. The van der Waals surface area contributed by atoms with Crippen molar-refractivity contribution in [1.82, 2.24) is 10.6 Å². The van der Waals surface area contributed by atoms with Crippen LogP contribution in [0.15, 0.2) is 18.2 Å². The second kappa shape index (κ2) is 8.88. The summed E-state index contributed by atoms with van der Waals surface area (Å²) >= 11 is 0. The first-order valence-electron chi connectivity index (χ1n) is 6.91. The van der Waals surface area contributed by atoms with Crippen molar-refractivity contribution in [2.45, 2.75) is 26.5 Å². The topological polar surface area (TPSA) is 59.6 Å². The highest BCUT2D eigenvalue weighted by Gasteiger charge is 2.18. The fraction of sp³-hybridized carbons (Fsp3) is 0.438. The smallest absolute Gasteiger partial charge is 0.261 e. The highest BCUT2D eigenvalue weighted by Crippen LogP contribution is 2.32. The molecule has 1 aromatic carbocycles. The molecule has 1 rings (SSSR count). The largest absolute Gasteiger partial charge is 0.490 e. The molecule has 1 atom stereocenters. The van der Waals surface area contributed by atoms with E-state index in [1.165, 1.54) is 0 Å². The van der Waals surface area contributed by atoms with Gasteiger partial charge in [0, 0.05) is 12.1 Å². The van der Waals surface area contributed by atoms with E-state index in [9.17, 15) is 4.79 Å². The number of carbonyl (C=O) groups excluding carboxylic acids is 1. The van der Waals surface area contributed by atoms with Gasteiger partial charge in [-0.05, 0) is 27.0 Å². The molecule has 2 N–H and O–H groups in total. The molecule has 0 saturated carbocycles. The van der Waals surface area contributed by atoms with E-state index in [2.05, 4.69) is 16.6 Å². The van der Waals surface area contributed by atoms with E-state index in [1.54, 1.807) is 6.92 Å². The Bertz CT molecular complexity index is 484. The van der Waals surface area contributed by atoms with Crippen LogP contribution in [0.3, 0.4) is 0 Å². The highest BCUT2D eigenvalue weighted by atomic mass is 16.5. The molecule has 0 aliphatic rings. The summed E-state index contributed by atoms with van der Waals surface area (Å²) in [6.07, 6.45) is 4.47. The summed E-state index contributed by atoms with van der Waals surface area (Å²) in [5.41, 5.74) is 0.931. The van der Waals surface area contributed by atoms with Gasteiger partial charge in [0.2, 0.25) is 0 Å². The Morgan fingerprint density at radius 1 is 1.48 bits per heavy atom. The zero-order valence-corrected chi connectivity index (χ0v) is 12.7. The predicted octanol–water partition coefficient (Wildman–Crippen LogP) is 1.32. The lowest BCUT2D eigenvalue weighted by Crippen LogP contribution is -2.36. The highest BCUT2D eigenvalue weighted by molar-refractivity contribution is 5.81. The van der Waals surface area contributed by atoms with Crippen LogP contribution < -0.4 is 20.1 Å². The lowest BCUT2D eigenvalue weighted by Gasteiger charge is -2.19. The predicted molar refractivity (Wildman–Crippen MR) is 82.3 cm³/mol. The molecule has 0 spiro atoms. The van der Waals surface area contributed by atoms with E-state index in [-0.39, 0.29) is 12.5 Å². The fourth-order valence-corrected chi connectivity index (χ4v) is 1.81. The van der Waals surface area contributed by atoms with Gasteiger partial charge < -0.3 is 20.1 Å². The van der Waals surface area contributed by atoms with Crippen LogP contribution in [0.25, 0.3) is 0 Å². The maximum Gasteiger partial charge on any atom is 0.261 e. The third-order valence-corrected chi connectivity index (χ3v) is 2.76. The number of benzene rings is 1. The molecular formula is C16H22N2O3. The standard InChI is InChI=1S/C16H22N2O3/c1-5-10-18-16(19)12(3)21-15-13(11-17-4)8-7-9-14(15)20-6-2/h1,7-9,12,17H,6,10-11H2,2-4H3,(H,18,19). The zero-order chi connectivity index (χ0) is 15.7. The van der Waals surface area contributed by atoms with E-state index in [0.717, 1.165) is 5.56 Å². The summed E-state index contributed by atoms with van der Waals surface area (Å²) in [4.78, 5) is 11.9. The van der Waals surface area contributed by atoms with Gasteiger partial charge in [0.1, 0.15) is 0 Å². The molecule has 0 aliphatic carbocycles. The van der Waals surface area contributed by atoms with Gasteiger partial charge in [-0.25, -0.2) is 0 Å². The van der Waals surface area contributed by atoms with Crippen LogP contribution in [-0.2, 0) is 11.3 Å². The minimum absolute atomic E-state index is 0.184. The fourth-order valence-electron chi connectivity index (χ4n) is 1.81. The number of carbonyl (C=O) groups is 1. The minimum Gasteiger partial charge on any atom is -0.490 e. The third-order valence-electron chi connectivity index (χ3n) is 2.76. The van der Waals surface area contributed by atoms with Gasteiger partial charge in [-0.3, -0.25) is 4.79 Å². The second-order valence-electron chi connectivity index (χ2n) is 4.39. The number of ether oxygens (including phenoxy) is 2. The Kier molecular flexibility index (Phi) is 7.13. The Balaban J connectivity index is 2.93. The molecule has 0 saturated heterocycles. The van der Waals surface area contributed by atoms with Crippen molar-refractivity contribution >= 4 is 5.91 Å². The van der Waals surface area contributed by atoms with Crippen LogP contribution in [0.2, 0.25) is 0 Å². The number of hydrogen-bond donors (Lipinski definition) is 2. The number of amides is 1. The van der Waals surface area contributed by atoms with Crippen LogP contribution >= 0.6 is 0 Å². The summed E-state index contributed by atoms with van der Waals surface area (Å²) < 4.78 is 11.4. The number of rotatable bonds is 8. The molecule has 0 fully saturated rings. The molecule has 1 amide bonds. The molecule has 5 heteroatoms. The van der Waals surface area contributed by atoms with E-state index in [4.69, 9.17) is 15.9 Å². The van der Waals surface area contributed by atoms with E-state index in [0.29, 0.717) is 24.7 Å². The molecule has 0 heterocycles. The zero-order valence-electron chi connectivity index (χ0n) is 12.7. The quantitative estimate of drug-likeness (QED) is 0.709. The van der Waals surface area contributed by atoms with Crippen LogP contribution in [0.5, 0.6) is 11.5 Å². The second-order valence-corrected chi connectivity index (χ2v) is 4.39. The van der Waals surface area contributed by atoms with Crippen molar-refractivity contribution in [2.24, 2.45) is 0 Å². The monoisotopic (exact) mass is 290 g/mol. The Morgan fingerprint density at radius 2 is 2.24 bits per heavy atom. The molecule has 0 aromatic heterocycles. The molecule has 21 heavy (non-hydrogen) atoms. The first kappa shape index (κ1) is 16.9. The van der Waals surface area contributed by atoms with Crippen molar-refractivity contribution < 1.29 is 14.3 Å². The Hall–Kier alpha value is -2.19. The Labute approximate surface area is 126 Å². The first-order valence-corrected chi connectivity index (χ1v) is 6.91. The van der Waals surface area contributed by atoms with Crippen molar-refractivity contribution in [3.05, 3.63) is 23.8 Å². The van der Waals surface area contributed by atoms with Gasteiger partial charge in [0.05, 0.1) is 13.2 Å². The summed E-state index contributed by atoms with van der Waals surface area (Å²) in [5, 5.41) is 5.67. The molecule has 1 aromatic rings. The van der Waals surface area contributed by atoms with Gasteiger partial charge in [-0.15, -0.1) is 6.42 Å². The number of terminal acetylenes is 1. The van der Waals surface area contributed by atoms with Gasteiger partial charge in [0.15, 0.2) is 17.6 Å². The third kappa shape index (κ3) is 5.01. The molecule has 0 aliphatic heterocycles. The maximum atomic E-state index is 11.9. The number of hydrogen-bond acceptors (Lipinski definition) is 4. The van der Waals surface area contributed by atoms with E-state index in [1.807, 2.05) is 32.2 Å². The molecule has 0 radical (unpaired) electrons. The van der Waals surface area contributed by atoms with E-state index >= 15 is 0 Å². The first-order chi connectivity index (χ1) is 10.1. The molecule has 114 valence electrons. The van der Waals surface area contributed by atoms with Gasteiger partial charge >= 0.3 is 0 Å². The van der Waals surface area contributed by atoms with Crippen molar-refractivity contribution in [3.63, 3.8) is 0 Å². The maximum absolute atomic E-state index is 11.9. The number of para-hydroxylation sites is 1. The Morgan fingerprint density at radius 3 is 2.86 bits per heavy atom. The lowest BCUT2D eigenvalue weighted by molar-refractivity contribution is -0.127. The molecule has 1 unspecified atom stereocenters. The van der Waals surface area contributed by atoms with Crippen LogP contribution in [0, 0.1) is 12.3 Å². The molecule has 5 nitrogen and oxygen atoms in total. The SMILES string of the molecule is C#CCNC(=O)C(C)Oc1c(CNC)cccc1OCC. The van der Waals surface area contributed by atoms with Gasteiger partial charge in [-0.1, -0.05) is 18.1 Å². The molecule has 0 bridgehead atoms. The van der Waals surface area contributed by atoms with Crippen molar-refractivity contribution in [1.29, 1.82) is 0 Å². The normalized spacial score (nSPS) is 11.3. The average molecular weight is 290 g/mol. The summed E-state index contributed by atoms with van der Waals surface area (Å²) in [5.74, 6) is 3.31. The van der Waals surface area contributed by atoms with Crippen LogP contribution in [0.4, 0.5) is 0 Å². The summed E-state index contributed by atoms with van der Waals surface area (Å²) in [7, 11) is 1.85. The van der Waals surface area contributed by atoms with E-state index < -0.39 is 6.10 Å². The van der Waals surface area contributed by atoms with Gasteiger partial charge in [-0.2, -0.15) is 0 Å². The van der Waals surface area contributed by atoms with Crippen molar-refractivity contribution in [2.75, 3.05) is 20.2 Å². The minimum atomic E-state index is -0.657. The van der Waals surface area contributed by atoms with Crippen molar-refractivity contribution in [3.8, 4) is 23.8 Å². The van der Waals surface area contributed by atoms with Crippen LogP contribution in [-0.4, -0.2) is 32.2 Å². The lowest BCUT2D eigenvalue weighted by atomic mass is 10.1. The summed E-state index contributed by atoms with van der Waals surface area (Å²) in [6, 6.07) is 5.65. The summed E-state index contributed by atoms with van der Waals surface area (Å²) in [6.45, 7) is 4.91. The molecular weight excluding hydrogens is 268 g/mol. The van der Waals surface area contributed by atoms with Crippen LogP contribution in [0.1, 0.15) is 19.4 Å². The average Bonchev–Trinajstić information content (AvgIpc) is 2.48.